The highest BCUT2D eigenvalue weighted by molar-refractivity contribution is 7.71. The van der Waals surface area contributed by atoms with Crippen LogP contribution in [0.3, 0.4) is 0 Å². The minimum absolute atomic E-state index is 0.0854. The maximum Gasteiger partial charge on any atom is 0.321 e. The lowest BCUT2D eigenvalue weighted by molar-refractivity contribution is 0.0725. The maximum absolute atomic E-state index is 12.7. The average molecular weight is 249 g/mol. The van der Waals surface area contributed by atoms with E-state index in [1.807, 2.05) is 0 Å². The molecule has 0 radical (unpaired) electrons. The molecule has 2 nitrogen and oxygen atoms in total. The van der Waals surface area contributed by atoms with Crippen LogP contribution in [0.4, 0.5) is 8.78 Å². The van der Waals surface area contributed by atoms with Gasteiger partial charge in [-0.05, 0) is 30.4 Å². The number of nitrogens with zero attached hydrogens (tertiary/aromatic N) is 2. The summed E-state index contributed by atoms with van der Waals surface area (Å²) in [6, 6.07) is 4.81. The van der Waals surface area contributed by atoms with Gasteiger partial charge >= 0.3 is 6.55 Å². The number of benzene rings is 1. The second kappa shape index (κ2) is 3.57. The lowest BCUT2D eigenvalue weighted by Crippen LogP contribution is -1.98. The summed E-state index contributed by atoms with van der Waals surface area (Å²) in [4.78, 5) is 0. The van der Waals surface area contributed by atoms with Crippen LogP contribution < -0.4 is 0 Å². The van der Waals surface area contributed by atoms with Crippen molar-refractivity contribution in [2.75, 3.05) is 0 Å². The standard InChI is InChI=1S/C9H7ClF2N2S/c1-13-6-3-2-5(10)4-7(6)14(8(11)12)9(13)15/h2-4,8H,1H3. The fourth-order valence-electron chi connectivity index (χ4n) is 1.53. The number of rotatable bonds is 1. The molecule has 0 saturated heterocycles. The zero-order valence-electron chi connectivity index (χ0n) is 7.75. The topological polar surface area (TPSA) is 9.86 Å². The SMILES string of the molecule is Cn1c(=S)n(C(F)F)c2cc(Cl)ccc21. The molecule has 6 heteroatoms. The third kappa shape index (κ3) is 1.55. The molecule has 0 bridgehead atoms. The van der Waals surface area contributed by atoms with Crippen molar-refractivity contribution in [1.29, 1.82) is 0 Å². The van der Waals surface area contributed by atoms with Crippen molar-refractivity contribution >= 4 is 34.9 Å². The summed E-state index contributed by atoms with van der Waals surface area (Å²) in [6.45, 7) is -2.65. The summed E-state index contributed by atoms with van der Waals surface area (Å²) in [5.41, 5.74) is 0.995. The predicted molar refractivity (Wildman–Crippen MR) is 58.0 cm³/mol. The zero-order valence-corrected chi connectivity index (χ0v) is 9.32. The van der Waals surface area contributed by atoms with E-state index in [0.717, 1.165) is 4.57 Å². The number of aryl methyl sites for hydroxylation is 1. The van der Waals surface area contributed by atoms with Crippen LogP contribution in [-0.4, -0.2) is 9.13 Å². The van der Waals surface area contributed by atoms with Crippen LogP contribution in [0.25, 0.3) is 11.0 Å². The number of imidazole rings is 1. The van der Waals surface area contributed by atoms with Crippen molar-refractivity contribution in [3.8, 4) is 0 Å². The lowest BCUT2D eigenvalue weighted by atomic mass is 10.3. The van der Waals surface area contributed by atoms with Crippen molar-refractivity contribution in [3.63, 3.8) is 0 Å². The Hall–Kier alpha value is -0.940. The number of aromatic nitrogens is 2. The summed E-state index contributed by atoms with van der Waals surface area (Å²) in [5, 5.41) is 0.414. The molecule has 2 aromatic rings. The van der Waals surface area contributed by atoms with Crippen LogP contribution in [0.1, 0.15) is 6.55 Å². The minimum Gasteiger partial charge on any atom is -0.320 e. The van der Waals surface area contributed by atoms with Gasteiger partial charge in [-0.3, -0.25) is 4.57 Å². The molecule has 15 heavy (non-hydrogen) atoms. The Balaban J connectivity index is 2.95. The molecule has 0 fully saturated rings. The van der Waals surface area contributed by atoms with Gasteiger partial charge in [0.15, 0.2) is 4.77 Å². The van der Waals surface area contributed by atoms with Gasteiger partial charge in [-0.2, -0.15) is 8.78 Å². The Bertz CT molecular complexity index is 573. The Morgan fingerprint density at radius 3 is 2.60 bits per heavy atom. The molecule has 0 aliphatic carbocycles. The molecule has 0 saturated carbocycles. The fraction of sp³-hybridized carbons (Fsp3) is 0.222. The molecule has 0 aliphatic heterocycles. The van der Waals surface area contributed by atoms with Gasteiger partial charge in [0.05, 0.1) is 11.0 Å². The molecule has 0 unspecified atom stereocenters. The first-order chi connectivity index (χ1) is 7.02. The van der Waals surface area contributed by atoms with Gasteiger partial charge in [-0.15, -0.1) is 0 Å². The van der Waals surface area contributed by atoms with Crippen LogP contribution >= 0.6 is 23.8 Å². The maximum atomic E-state index is 12.7. The van der Waals surface area contributed by atoms with Gasteiger partial charge in [0, 0.05) is 12.1 Å². The number of alkyl halides is 2. The molecular weight excluding hydrogens is 242 g/mol. The molecular formula is C9H7ClF2N2S. The molecule has 0 N–H and O–H groups in total. The van der Waals surface area contributed by atoms with Crippen molar-refractivity contribution in [3.05, 3.63) is 28.0 Å². The minimum atomic E-state index is -2.65. The fourth-order valence-corrected chi connectivity index (χ4v) is 1.97. The van der Waals surface area contributed by atoms with Gasteiger partial charge < -0.3 is 4.57 Å². The van der Waals surface area contributed by atoms with Gasteiger partial charge in [0.2, 0.25) is 0 Å². The summed E-state index contributed by atoms with van der Waals surface area (Å²) in [7, 11) is 1.65. The zero-order chi connectivity index (χ0) is 11.2. The molecule has 0 spiro atoms. The van der Waals surface area contributed by atoms with E-state index in [2.05, 4.69) is 0 Å². The van der Waals surface area contributed by atoms with E-state index in [1.165, 1.54) is 10.6 Å². The van der Waals surface area contributed by atoms with Crippen LogP contribution in [0.5, 0.6) is 0 Å². The third-order valence-electron chi connectivity index (χ3n) is 2.25. The van der Waals surface area contributed by atoms with E-state index in [1.54, 1.807) is 19.2 Å². The first-order valence-electron chi connectivity index (χ1n) is 4.17. The second-order valence-electron chi connectivity index (χ2n) is 3.12. The van der Waals surface area contributed by atoms with Gasteiger partial charge in [-0.1, -0.05) is 11.6 Å². The van der Waals surface area contributed by atoms with Gasteiger partial charge in [-0.25, -0.2) is 0 Å². The third-order valence-corrected chi connectivity index (χ3v) is 2.95. The number of hydrogen-bond donors (Lipinski definition) is 0. The average Bonchev–Trinajstić information content (AvgIpc) is 2.39. The molecule has 1 heterocycles. The normalized spacial score (nSPS) is 11.5. The molecule has 1 aromatic heterocycles. The molecule has 80 valence electrons. The summed E-state index contributed by atoms with van der Waals surface area (Å²) >= 11 is 10.7. The monoisotopic (exact) mass is 248 g/mol. The first-order valence-corrected chi connectivity index (χ1v) is 4.95. The van der Waals surface area contributed by atoms with E-state index in [9.17, 15) is 8.78 Å². The number of halogens is 3. The van der Waals surface area contributed by atoms with Gasteiger partial charge in [0.1, 0.15) is 0 Å². The summed E-state index contributed by atoms with van der Waals surface area (Å²) < 4.78 is 27.9. The van der Waals surface area contributed by atoms with Crippen molar-refractivity contribution < 1.29 is 8.78 Å². The van der Waals surface area contributed by atoms with Crippen molar-refractivity contribution in [2.45, 2.75) is 6.55 Å². The van der Waals surface area contributed by atoms with Crippen molar-refractivity contribution in [1.82, 2.24) is 9.13 Å². The Morgan fingerprint density at radius 1 is 1.33 bits per heavy atom. The molecule has 2 rings (SSSR count). The Labute approximate surface area is 94.7 Å². The smallest absolute Gasteiger partial charge is 0.320 e. The quantitative estimate of drug-likeness (QED) is 0.699. The predicted octanol–water partition coefficient (Wildman–Crippen LogP) is 3.76. The van der Waals surface area contributed by atoms with Crippen LogP contribution in [0, 0.1) is 4.77 Å². The highest BCUT2D eigenvalue weighted by Gasteiger charge is 2.15. The summed E-state index contributed by atoms with van der Waals surface area (Å²) in [6.07, 6.45) is 0. The van der Waals surface area contributed by atoms with E-state index in [-0.39, 0.29) is 4.77 Å². The molecule has 0 aliphatic rings. The number of fused-ring (bicyclic) bond motifs is 1. The Kier molecular flexibility index (Phi) is 2.52. The van der Waals surface area contributed by atoms with Crippen molar-refractivity contribution in [2.24, 2.45) is 7.05 Å². The van der Waals surface area contributed by atoms with E-state index >= 15 is 0 Å². The van der Waals surface area contributed by atoms with E-state index in [0.29, 0.717) is 16.1 Å². The number of hydrogen-bond acceptors (Lipinski definition) is 1. The van der Waals surface area contributed by atoms with E-state index < -0.39 is 6.55 Å². The first kappa shape index (κ1) is 10.6. The van der Waals surface area contributed by atoms with Crippen LogP contribution in [0.2, 0.25) is 5.02 Å². The Morgan fingerprint density at radius 2 is 2.00 bits per heavy atom. The molecule has 1 aromatic carbocycles. The van der Waals surface area contributed by atoms with Gasteiger partial charge in [0.25, 0.3) is 0 Å². The van der Waals surface area contributed by atoms with E-state index in [4.69, 9.17) is 23.8 Å². The lowest BCUT2D eigenvalue weighted by Gasteiger charge is -2.01. The van der Waals surface area contributed by atoms with Crippen LogP contribution in [0.15, 0.2) is 18.2 Å². The van der Waals surface area contributed by atoms with Crippen LogP contribution in [-0.2, 0) is 7.05 Å². The molecule has 0 atom stereocenters. The highest BCUT2D eigenvalue weighted by Crippen LogP contribution is 2.25. The largest absolute Gasteiger partial charge is 0.321 e. The second-order valence-corrected chi connectivity index (χ2v) is 3.92. The summed E-state index contributed by atoms with van der Waals surface area (Å²) in [5.74, 6) is 0. The highest BCUT2D eigenvalue weighted by atomic mass is 35.5. The molecule has 0 amide bonds.